The van der Waals surface area contributed by atoms with Crippen molar-refractivity contribution < 1.29 is 4.74 Å². The molecule has 0 aromatic rings. The van der Waals surface area contributed by atoms with Crippen molar-refractivity contribution in [3.05, 3.63) is 0 Å². The molecule has 0 radical (unpaired) electrons. The summed E-state index contributed by atoms with van der Waals surface area (Å²) in [6.07, 6.45) is 0.854. The zero-order valence-corrected chi connectivity index (χ0v) is 8.71. The van der Waals surface area contributed by atoms with Gasteiger partial charge in [0.05, 0.1) is 18.7 Å². The van der Waals surface area contributed by atoms with Gasteiger partial charge >= 0.3 is 0 Å². The standard InChI is InChI=1S/C9H19N3O/c1-11-9(8-10)4-5-12(2)6-7-13-3/h9,11H,4-7H2,1-3H3. The van der Waals surface area contributed by atoms with Crippen molar-refractivity contribution in [3.8, 4) is 6.07 Å². The molecule has 0 aliphatic heterocycles. The third kappa shape index (κ3) is 6.52. The van der Waals surface area contributed by atoms with Gasteiger partial charge in [-0.3, -0.25) is 0 Å². The van der Waals surface area contributed by atoms with Gasteiger partial charge in [0.1, 0.15) is 0 Å². The molecule has 0 bridgehead atoms. The number of methoxy groups -OCH3 is 1. The van der Waals surface area contributed by atoms with Crippen LogP contribution < -0.4 is 5.32 Å². The monoisotopic (exact) mass is 185 g/mol. The van der Waals surface area contributed by atoms with Crippen LogP contribution in [0.25, 0.3) is 0 Å². The number of nitrogens with one attached hydrogen (secondary N) is 1. The van der Waals surface area contributed by atoms with E-state index >= 15 is 0 Å². The Labute approximate surface area is 80.5 Å². The highest BCUT2D eigenvalue weighted by Crippen LogP contribution is 1.92. The Kier molecular flexibility index (Phi) is 7.60. The summed E-state index contributed by atoms with van der Waals surface area (Å²) >= 11 is 0. The molecule has 13 heavy (non-hydrogen) atoms. The number of likely N-dealkylation sites (N-methyl/N-ethyl adjacent to an activating group) is 1. The highest BCUT2D eigenvalue weighted by atomic mass is 16.5. The van der Waals surface area contributed by atoms with Gasteiger partial charge in [-0.15, -0.1) is 0 Å². The Morgan fingerprint density at radius 2 is 2.23 bits per heavy atom. The van der Waals surface area contributed by atoms with E-state index in [-0.39, 0.29) is 6.04 Å². The van der Waals surface area contributed by atoms with E-state index < -0.39 is 0 Å². The molecule has 1 unspecified atom stereocenters. The quantitative estimate of drug-likeness (QED) is 0.609. The van der Waals surface area contributed by atoms with Crippen LogP contribution in [-0.4, -0.2) is 51.8 Å². The highest BCUT2D eigenvalue weighted by molar-refractivity contribution is 4.88. The summed E-state index contributed by atoms with van der Waals surface area (Å²) in [4.78, 5) is 2.16. The molecule has 0 amide bonds. The molecule has 4 nitrogen and oxygen atoms in total. The average molecular weight is 185 g/mol. The third-order valence-corrected chi connectivity index (χ3v) is 1.98. The van der Waals surface area contributed by atoms with Crippen LogP contribution in [0.3, 0.4) is 0 Å². The second-order valence-corrected chi connectivity index (χ2v) is 3.06. The fourth-order valence-corrected chi connectivity index (χ4v) is 0.982. The van der Waals surface area contributed by atoms with Crippen LogP contribution in [0.15, 0.2) is 0 Å². The number of nitrogens with zero attached hydrogens (tertiary/aromatic N) is 2. The molecule has 1 N–H and O–H groups in total. The first-order valence-corrected chi connectivity index (χ1v) is 4.49. The first-order valence-electron chi connectivity index (χ1n) is 4.49. The van der Waals surface area contributed by atoms with Crippen LogP contribution in [0, 0.1) is 11.3 Å². The maximum atomic E-state index is 8.66. The Morgan fingerprint density at radius 1 is 1.54 bits per heavy atom. The lowest BCUT2D eigenvalue weighted by molar-refractivity contribution is 0.160. The van der Waals surface area contributed by atoms with Gasteiger partial charge in [0.25, 0.3) is 0 Å². The summed E-state index contributed by atoms with van der Waals surface area (Å²) in [7, 11) is 5.53. The molecule has 76 valence electrons. The van der Waals surface area contributed by atoms with E-state index in [9.17, 15) is 0 Å². The molecule has 0 saturated heterocycles. The summed E-state index contributed by atoms with van der Waals surface area (Å²) in [5.41, 5.74) is 0. The van der Waals surface area contributed by atoms with E-state index in [1.807, 2.05) is 14.1 Å². The van der Waals surface area contributed by atoms with Crippen molar-refractivity contribution in [1.29, 1.82) is 5.26 Å². The fraction of sp³-hybridized carbons (Fsp3) is 0.889. The van der Waals surface area contributed by atoms with Gasteiger partial charge in [-0.05, 0) is 20.5 Å². The Bertz CT molecular complexity index is 155. The van der Waals surface area contributed by atoms with Crippen LogP contribution in [-0.2, 0) is 4.74 Å². The zero-order chi connectivity index (χ0) is 10.1. The van der Waals surface area contributed by atoms with Gasteiger partial charge in [-0.1, -0.05) is 0 Å². The minimum atomic E-state index is -0.0370. The minimum Gasteiger partial charge on any atom is -0.383 e. The fourth-order valence-electron chi connectivity index (χ4n) is 0.982. The Balaban J connectivity index is 3.45. The Hall–Kier alpha value is -0.630. The van der Waals surface area contributed by atoms with Crippen LogP contribution >= 0.6 is 0 Å². The largest absolute Gasteiger partial charge is 0.383 e. The molecule has 0 spiro atoms. The minimum absolute atomic E-state index is 0.0370. The average Bonchev–Trinajstić information content (AvgIpc) is 2.16. The molecule has 0 aliphatic rings. The molecular formula is C9H19N3O. The second kappa shape index (κ2) is 7.99. The Morgan fingerprint density at radius 3 is 2.69 bits per heavy atom. The summed E-state index contributed by atoms with van der Waals surface area (Å²) in [6.45, 7) is 2.58. The molecule has 0 aromatic heterocycles. The van der Waals surface area contributed by atoms with Gasteiger partial charge in [0.2, 0.25) is 0 Å². The highest BCUT2D eigenvalue weighted by Gasteiger charge is 2.05. The predicted molar refractivity (Wildman–Crippen MR) is 52.5 cm³/mol. The second-order valence-electron chi connectivity index (χ2n) is 3.06. The SMILES string of the molecule is CNC(C#N)CCN(C)CCOC. The van der Waals surface area contributed by atoms with Crippen LogP contribution in [0.2, 0.25) is 0 Å². The van der Waals surface area contributed by atoms with Gasteiger partial charge in [-0.2, -0.15) is 5.26 Å². The van der Waals surface area contributed by atoms with Gasteiger partial charge in [0.15, 0.2) is 0 Å². The molecule has 0 aliphatic carbocycles. The maximum Gasteiger partial charge on any atom is 0.0962 e. The number of nitriles is 1. The number of hydrogen-bond donors (Lipinski definition) is 1. The van der Waals surface area contributed by atoms with E-state index in [0.29, 0.717) is 0 Å². The molecular weight excluding hydrogens is 166 g/mol. The first kappa shape index (κ1) is 12.4. The van der Waals surface area contributed by atoms with E-state index in [4.69, 9.17) is 10.00 Å². The van der Waals surface area contributed by atoms with Gasteiger partial charge < -0.3 is 15.0 Å². The number of hydrogen-bond acceptors (Lipinski definition) is 4. The lowest BCUT2D eigenvalue weighted by atomic mass is 10.2. The van der Waals surface area contributed by atoms with Crippen LogP contribution in [0.4, 0.5) is 0 Å². The van der Waals surface area contributed by atoms with Crippen molar-refractivity contribution >= 4 is 0 Å². The topological polar surface area (TPSA) is 48.3 Å². The zero-order valence-electron chi connectivity index (χ0n) is 8.71. The smallest absolute Gasteiger partial charge is 0.0962 e. The van der Waals surface area contributed by atoms with E-state index in [0.717, 1.165) is 26.1 Å². The van der Waals surface area contributed by atoms with Gasteiger partial charge in [0, 0.05) is 20.2 Å². The molecule has 0 heterocycles. The summed E-state index contributed by atoms with van der Waals surface area (Å²) in [5.74, 6) is 0. The molecule has 0 saturated carbocycles. The maximum absolute atomic E-state index is 8.66. The van der Waals surface area contributed by atoms with Crippen molar-refractivity contribution in [2.75, 3.05) is 40.9 Å². The van der Waals surface area contributed by atoms with Crippen LogP contribution in [0.5, 0.6) is 0 Å². The van der Waals surface area contributed by atoms with Crippen molar-refractivity contribution in [1.82, 2.24) is 10.2 Å². The normalized spacial score (nSPS) is 12.8. The molecule has 1 atom stereocenters. The van der Waals surface area contributed by atoms with E-state index in [1.54, 1.807) is 7.11 Å². The summed E-state index contributed by atoms with van der Waals surface area (Å²) in [6, 6.07) is 2.16. The van der Waals surface area contributed by atoms with Crippen molar-refractivity contribution in [2.45, 2.75) is 12.5 Å². The molecule has 4 heteroatoms. The predicted octanol–water partition coefficient (Wildman–Crippen LogP) is 0.0663. The van der Waals surface area contributed by atoms with Crippen LogP contribution in [0.1, 0.15) is 6.42 Å². The lowest BCUT2D eigenvalue weighted by Gasteiger charge is -2.17. The number of rotatable bonds is 7. The van der Waals surface area contributed by atoms with Crippen molar-refractivity contribution in [3.63, 3.8) is 0 Å². The first-order chi connectivity index (χ1) is 6.24. The molecule has 0 aromatic carbocycles. The van der Waals surface area contributed by atoms with E-state index in [2.05, 4.69) is 16.3 Å². The number of ether oxygens (including phenoxy) is 1. The van der Waals surface area contributed by atoms with E-state index in [1.165, 1.54) is 0 Å². The van der Waals surface area contributed by atoms with Gasteiger partial charge in [-0.25, -0.2) is 0 Å². The lowest BCUT2D eigenvalue weighted by Crippen LogP contribution is -2.31. The van der Waals surface area contributed by atoms with Crippen molar-refractivity contribution in [2.24, 2.45) is 0 Å². The molecule has 0 rings (SSSR count). The molecule has 0 fully saturated rings. The summed E-state index contributed by atoms with van der Waals surface area (Å²) < 4.78 is 4.95. The summed E-state index contributed by atoms with van der Waals surface area (Å²) in [5, 5.41) is 11.6. The third-order valence-electron chi connectivity index (χ3n) is 1.98.